The molecule has 3 N–H and O–H groups in total. The van der Waals surface area contributed by atoms with Crippen molar-refractivity contribution in [1.82, 2.24) is 20.9 Å². The molecule has 8 heteroatoms. The zero-order valence-electron chi connectivity index (χ0n) is 19.2. The first-order valence-corrected chi connectivity index (χ1v) is 11.2. The van der Waals surface area contributed by atoms with Gasteiger partial charge >= 0.3 is 6.03 Å². The number of likely N-dealkylation sites (tertiary alicyclic amines) is 1. The summed E-state index contributed by atoms with van der Waals surface area (Å²) in [6, 6.07) is 16.4. The number of hydrogen-bond donors (Lipinski definition) is 3. The topological polar surface area (TPSA) is 99.8 Å². The summed E-state index contributed by atoms with van der Waals surface area (Å²) >= 11 is 0. The minimum Gasteiger partial charge on any atom is -0.496 e. The Morgan fingerprint density at radius 3 is 2.36 bits per heavy atom. The van der Waals surface area contributed by atoms with Crippen LogP contribution in [0.25, 0.3) is 0 Å². The molecule has 1 atom stereocenters. The smallest absolute Gasteiger partial charge is 0.317 e. The van der Waals surface area contributed by atoms with E-state index in [1.54, 1.807) is 12.0 Å². The Morgan fingerprint density at radius 2 is 1.70 bits per heavy atom. The molecule has 1 heterocycles. The number of benzene rings is 2. The Kier molecular flexibility index (Phi) is 8.69. The molecule has 0 saturated carbocycles. The molecule has 2 aromatic rings. The zero-order valence-corrected chi connectivity index (χ0v) is 19.2. The highest BCUT2D eigenvalue weighted by Gasteiger charge is 2.27. The number of carbonyl (C=O) groups excluding carboxylic acids is 3. The van der Waals surface area contributed by atoms with Crippen molar-refractivity contribution < 1.29 is 19.1 Å². The van der Waals surface area contributed by atoms with E-state index < -0.39 is 6.04 Å². The van der Waals surface area contributed by atoms with E-state index >= 15 is 0 Å². The largest absolute Gasteiger partial charge is 0.496 e. The summed E-state index contributed by atoms with van der Waals surface area (Å²) in [7, 11) is 1.58. The van der Waals surface area contributed by atoms with Gasteiger partial charge in [-0.2, -0.15) is 0 Å². The van der Waals surface area contributed by atoms with Gasteiger partial charge in [0, 0.05) is 39.0 Å². The third kappa shape index (κ3) is 7.24. The molecule has 4 amide bonds. The molecule has 0 aromatic heterocycles. The van der Waals surface area contributed by atoms with Crippen LogP contribution in [0.2, 0.25) is 0 Å². The van der Waals surface area contributed by atoms with Crippen LogP contribution in [0.4, 0.5) is 4.79 Å². The number of rotatable bonds is 8. The Morgan fingerprint density at radius 1 is 1.03 bits per heavy atom. The Hall–Kier alpha value is -3.55. The van der Waals surface area contributed by atoms with Gasteiger partial charge in [-0.25, -0.2) is 4.79 Å². The molecule has 1 aliphatic rings. The number of ether oxygens (including phenoxy) is 1. The molecular formula is C25H32N4O4. The van der Waals surface area contributed by atoms with E-state index in [9.17, 15) is 14.4 Å². The zero-order chi connectivity index (χ0) is 23.6. The van der Waals surface area contributed by atoms with Crippen molar-refractivity contribution in [3.63, 3.8) is 0 Å². The summed E-state index contributed by atoms with van der Waals surface area (Å²) in [5.41, 5.74) is 1.89. The molecule has 0 unspecified atom stereocenters. The van der Waals surface area contributed by atoms with Crippen LogP contribution in [0.1, 0.15) is 30.9 Å². The van der Waals surface area contributed by atoms with Crippen molar-refractivity contribution in [2.45, 2.75) is 44.8 Å². The fraction of sp³-hybridized carbons (Fsp3) is 0.400. The van der Waals surface area contributed by atoms with Crippen LogP contribution >= 0.6 is 0 Å². The maximum absolute atomic E-state index is 13.0. The van der Waals surface area contributed by atoms with E-state index in [0.717, 1.165) is 11.1 Å². The Balaban J connectivity index is 1.50. The van der Waals surface area contributed by atoms with E-state index in [4.69, 9.17) is 4.74 Å². The third-order valence-electron chi connectivity index (χ3n) is 5.73. The van der Waals surface area contributed by atoms with Gasteiger partial charge in [0.1, 0.15) is 11.8 Å². The molecule has 1 aliphatic heterocycles. The molecule has 0 spiro atoms. The molecule has 1 fully saturated rings. The summed E-state index contributed by atoms with van der Waals surface area (Å²) < 4.78 is 5.38. The van der Waals surface area contributed by atoms with Crippen LogP contribution in [0.3, 0.4) is 0 Å². The summed E-state index contributed by atoms with van der Waals surface area (Å²) in [6.07, 6.45) is 1.65. The maximum atomic E-state index is 13.0. The molecule has 3 rings (SSSR count). The second-order valence-electron chi connectivity index (χ2n) is 8.18. The first kappa shape index (κ1) is 24.1. The first-order chi connectivity index (χ1) is 16.0. The van der Waals surface area contributed by atoms with Crippen LogP contribution in [0.5, 0.6) is 5.75 Å². The van der Waals surface area contributed by atoms with Gasteiger partial charge in [-0.3, -0.25) is 9.59 Å². The highest BCUT2D eigenvalue weighted by atomic mass is 16.5. The molecule has 8 nitrogen and oxygen atoms in total. The van der Waals surface area contributed by atoms with Crippen LogP contribution in [-0.4, -0.2) is 55.0 Å². The van der Waals surface area contributed by atoms with Crippen LogP contribution < -0.4 is 20.7 Å². The van der Waals surface area contributed by atoms with E-state index in [0.29, 0.717) is 44.6 Å². The van der Waals surface area contributed by atoms with E-state index in [2.05, 4.69) is 16.0 Å². The molecular weight excluding hydrogens is 420 g/mol. The van der Waals surface area contributed by atoms with Gasteiger partial charge in [0.05, 0.1) is 7.11 Å². The molecule has 2 aromatic carbocycles. The van der Waals surface area contributed by atoms with Crippen molar-refractivity contribution in [3.05, 3.63) is 65.7 Å². The van der Waals surface area contributed by atoms with Crippen LogP contribution in [0.15, 0.2) is 54.6 Å². The lowest BCUT2D eigenvalue weighted by atomic mass is 10.0. The fourth-order valence-electron chi connectivity index (χ4n) is 3.96. The monoisotopic (exact) mass is 452 g/mol. The second kappa shape index (κ2) is 11.9. The van der Waals surface area contributed by atoms with Crippen molar-refractivity contribution in [2.24, 2.45) is 0 Å². The standard InChI is InChI=1S/C25H32N4O4/c1-18(30)27-22(16-20-10-6-7-11-23(20)33-2)24(31)28-21-12-14-29(15-13-21)25(32)26-17-19-8-4-3-5-9-19/h3-11,21-22H,12-17H2,1-2H3,(H,26,32)(H,27,30)(H,28,31)/t22-/m1/s1. The minimum absolute atomic E-state index is 0.0513. The lowest BCUT2D eigenvalue weighted by molar-refractivity contribution is -0.128. The number of hydrogen-bond acceptors (Lipinski definition) is 4. The number of nitrogens with zero attached hydrogens (tertiary/aromatic N) is 1. The van der Waals surface area contributed by atoms with Crippen molar-refractivity contribution in [2.75, 3.05) is 20.2 Å². The highest BCUT2D eigenvalue weighted by Crippen LogP contribution is 2.19. The van der Waals surface area contributed by atoms with Gasteiger partial charge in [0.15, 0.2) is 0 Å². The second-order valence-corrected chi connectivity index (χ2v) is 8.18. The molecule has 0 aliphatic carbocycles. The first-order valence-electron chi connectivity index (χ1n) is 11.2. The quantitative estimate of drug-likeness (QED) is 0.572. The minimum atomic E-state index is -0.703. The Labute approximate surface area is 194 Å². The van der Waals surface area contributed by atoms with Crippen molar-refractivity contribution in [3.8, 4) is 5.75 Å². The summed E-state index contributed by atoms with van der Waals surface area (Å²) in [5.74, 6) is 0.175. The average Bonchev–Trinajstić information content (AvgIpc) is 2.83. The molecule has 0 radical (unpaired) electrons. The lowest BCUT2D eigenvalue weighted by Gasteiger charge is -2.33. The van der Waals surface area contributed by atoms with Crippen molar-refractivity contribution >= 4 is 17.8 Å². The number of carbonyl (C=O) groups is 3. The van der Waals surface area contributed by atoms with Crippen molar-refractivity contribution in [1.29, 1.82) is 0 Å². The van der Waals surface area contributed by atoms with E-state index in [1.807, 2.05) is 54.6 Å². The van der Waals surface area contributed by atoms with Gasteiger partial charge in [-0.1, -0.05) is 48.5 Å². The number of amides is 4. The van der Waals surface area contributed by atoms with Crippen LogP contribution in [-0.2, 0) is 22.6 Å². The molecule has 1 saturated heterocycles. The summed E-state index contributed by atoms with van der Waals surface area (Å²) in [5, 5.41) is 8.74. The maximum Gasteiger partial charge on any atom is 0.317 e. The highest BCUT2D eigenvalue weighted by molar-refractivity contribution is 5.87. The van der Waals surface area contributed by atoms with Gasteiger partial charge in [0.2, 0.25) is 11.8 Å². The van der Waals surface area contributed by atoms with Crippen LogP contribution in [0, 0.1) is 0 Å². The predicted molar refractivity (Wildman–Crippen MR) is 126 cm³/mol. The van der Waals surface area contributed by atoms with Gasteiger partial charge < -0.3 is 25.6 Å². The number of methoxy groups -OCH3 is 1. The van der Waals surface area contributed by atoms with E-state index in [-0.39, 0.29) is 23.9 Å². The molecule has 176 valence electrons. The SMILES string of the molecule is COc1ccccc1C[C@@H](NC(C)=O)C(=O)NC1CCN(C(=O)NCc2ccccc2)CC1. The number of urea groups is 1. The molecule has 0 bridgehead atoms. The number of para-hydroxylation sites is 1. The summed E-state index contributed by atoms with van der Waals surface area (Å²) in [6.45, 7) is 3.00. The van der Waals surface area contributed by atoms with Gasteiger partial charge in [-0.05, 0) is 30.0 Å². The summed E-state index contributed by atoms with van der Waals surface area (Å²) in [4.78, 5) is 38.9. The number of nitrogens with one attached hydrogen (secondary N) is 3. The predicted octanol–water partition coefficient (Wildman–Crippen LogP) is 2.23. The Bertz CT molecular complexity index is 942. The fourth-order valence-corrected chi connectivity index (χ4v) is 3.96. The van der Waals surface area contributed by atoms with Gasteiger partial charge in [0.25, 0.3) is 0 Å². The average molecular weight is 453 g/mol. The number of piperidine rings is 1. The molecule has 33 heavy (non-hydrogen) atoms. The van der Waals surface area contributed by atoms with E-state index in [1.165, 1.54) is 6.92 Å². The third-order valence-corrected chi connectivity index (χ3v) is 5.73. The van der Waals surface area contributed by atoms with Gasteiger partial charge in [-0.15, -0.1) is 0 Å². The normalized spacial score (nSPS) is 14.8. The lowest BCUT2D eigenvalue weighted by Crippen LogP contribution is -2.54.